The summed E-state index contributed by atoms with van der Waals surface area (Å²) in [5.41, 5.74) is 8.27. The minimum atomic E-state index is 0.715. The van der Waals surface area contributed by atoms with Gasteiger partial charge < -0.3 is 5.73 Å². The highest BCUT2D eigenvalue weighted by Gasteiger charge is 2.16. The Morgan fingerprint density at radius 2 is 2.05 bits per heavy atom. The van der Waals surface area contributed by atoms with E-state index in [4.69, 9.17) is 5.73 Å². The van der Waals surface area contributed by atoms with Crippen LogP contribution in [-0.4, -0.2) is 35.8 Å². The fourth-order valence-electron chi connectivity index (χ4n) is 2.66. The number of anilines is 1. The number of rotatable bonds is 4. The topological polar surface area (TPSA) is 42.2 Å². The molecule has 2 heterocycles. The van der Waals surface area contributed by atoms with E-state index in [1.165, 1.54) is 21.0 Å². The molecule has 0 spiro atoms. The molecule has 1 aliphatic rings. The van der Waals surface area contributed by atoms with Crippen molar-refractivity contribution in [3.63, 3.8) is 0 Å². The lowest BCUT2D eigenvalue weighted by atomic mass is 10.2. The van der Waals surface area contributed by atoms with E-state index in [0.29, 0.717) is 5.13 Å². The largest absolute Gasteiger partial charge is 0.375 e. The third-order valence-electron chi connectivity index (χ3n) is 3.90. The van der Waals surface area contributed by atoms with Crippen molar-refractivity contribution < 1.29 is 0 Å². The van der Waals surface area contributed by atoms with Gasteiger partial charge in [-0.25, -0.2) is 4.98 Å². The van der Waals surface area contributed by atoms with E-state index in [2.05, 4.69) is 52.6 Å². The number of thiazole rings is 1. The predicted octanol–water partition coefficient (Wildman–Crippen LogP) is 3.56. The van der Waals surface area contributed by atoms with Gasteiger partial charge in [0.1, 0.15) is 0 Å². The van der Waals surface area contributed by atoms with E-state index in [1.807, 2.05) is 0 Å². The number of thioether (sulfide) groups is 1. The smallest absolute Gasteiger partial charge is 0.180 e. The standard InChI is InChI=1S/C17H21N3S2/c1-21-14-6-4-13(5-7-14)3-2-10-20-11-8-15-16(9-12-20)22-17(18)19-15/h2-7H,8-12H2,1H3,(H2,18,19)/b3-2+. The molecule has 2 N–H and O–H groups in total. The molecule has 1 aromatic carbocycles. The summed E-state index contributed by atoms with van der Waals surface area (Å²) in [4.78, 5) is 9.60. The lowest BCUT2D eigenvalue weighted by molar-refractivity contribution is 0.318. The van der Waals surface area contributed by atoms with Gasteiger partial charge >= 0.3 is 0 Å². The number of nitrogen functional groups attached to an aromatic ring is 1. The van der Waals surface area contributed by atoms with Gasteiger partial charge in [-0.3, -0.25) is 4.90 Å². The normalized spacial score (nSPS) is 15.9. The number of hydrogen-bond donors (Lipinski definition) is 1. The molecule has 3 rings (SSSR count). The van der Waals surface area contributed by atoms with Gasteiger partial charge in [-0.15, -0.1) is 23.1 Å². The SMILES string of the molecule is CSc1ccc(/C=C/CN2CCc3nc(N)sc3CC2)cc1. The minimum absolute atomic E-state index is 0.715. The summed E-state index contributed by atoms with van der Waals surface area (Å²) >= 11 is 3.43. The Morgan fingerprint density at radius 3 is 2.82 bits per heavy atom. The molecule has 22 heavy (non-hydrogen) atoms. The number of fused-ring (bicyclic) bond motifs is 1. The second kappa shape index (κ2) is 7.31. The highest BCUT2D eigenvalue weighted by molar-refractivity contribution is 7.98. The van der Waals surface area contributed by atoms with Crippen LogP contribution < -0.4 is 5.73 Å². The van der Waals surface area contributed by atoms with Crippen molar-refractivity contribution in [2.24, 2.45) is 0 Å². The van der Waals surface area contributed by atoms with Crippen LogP contribution in [0.1, 0.15) is 16.1 Å². The highest BCUT2D eigenvalue weighted by atomic mass is 32.2. The van der Waals surface area contributed by atoms with Gasteiger partial charge in [0.25, 0.3) is 0 Å². The van der Waals surface area contributed by atoms with Crippen molar-refractivity contribution in [1.82, 2.24) is 9.88 Å². The molecule has 3 nitrogen and oxygen atoms in total. The van der Waals surface area contributed by atoms with E-state index in [1.54, 1.807) is 23.1 Å². The van der Waals surface area contributed by atoms with Crippen LogP contribution in [0.15, 0.2) is 35.2 Å². The number of hydrogen-bond acceptors (Lipinski definition) is 5. The Labute approximate surface area is 140 Å². The fourth-order valence-corrected chi connectivity index (χ4v) is 3.94. The van der Waals surface area contributed by atoms with Gasteiger partial charge in [0.05, 0.1) is 5.69 Å². The molecule has 5 heteroatoms. The van der Waals surface area contributed by atoms with E-state index in [9.17, 15) is 0 Å². The van der Waals surface area contributed by atoms with Crippen molar-refractivity contribution in [3.05, 3.63) is 46.5 Å². The van der Waals surface area contributed by atoms with Gasteiger partial charge in [-0.1, -0.05) is 24.3 Å². The Kier molecular flexibility index (Phi) is 5.18. The van der Waals surface area contributed by atoms with Crippen molar-refractivity contribution in [1.29, 1.82) is 0 Å². The summed E-state index contributed by atoms with van der Waals surface area (Å²) < 4.78 is 0. The Bertz CT molecular complexity index is 621. The third kappa shape index (κ3) is 3.91. The van der Waals surface area contributed by atoms with Crippen molar-refractivity contribution in [2.75, 3.05) is 31.6 Å². The molecule has 0 radical (unpaired) electrons. The number of nitrogens with two attached hydrogens (primary N) is 1. The van der Waals surface area contributed by atoms with Gasteiger partial charge in [-0.2, -0.15) is 0 Å². The van der Waals surface area contributed by atoms with Crippen LogP contribution >= 0.6 is 23.1 Å². The molecule has 2 aromatic rings. The first-order valence-corrected chi connectivity index (χ1v) is 9.56. The summed E-state index contributed by atoms with van der Waals surface area (Å²) in [6.45, 7) is 3.14. The summed E-state index contributed by atoms with van der Waals surface area (Å²) in [5, 5.41) is 0.715. The number of aromatic nitrogens is 1. The molecule has 1 aliphatic heterocycles. The molecule has 1 aromatic heterocycles. The van der Waals surface area contributed by atoms with Crippen LogP contribution in [-0.2, 0) is 12.8 Å². The van der Waals surface area contributed by atoms with Crippen molar-refractivity contribution >= 4 is 34.3 Å². The van der Waals surface area contributed by atoms with Crippen molar-refractivity contribution in [2.45, 2.75) is 17.7 Å². The quantitative estimate of drug-likeness (QED) is 0.870. The first kappa shape index (κ1) is 15.6. The lowest BCUT2D eigenvalue weighted by Gasteiger charge is -2.17. The molecular formula is C17H21N3S2. The highest BCUT2D eigenvalue weighted by Crippen LogP contribution is 2.24. The summed E-state index contributed by atoms with van der Waals surface area (Å²) in [6, 6.07) is 8.69. The first-order chi connectivity index (χ1) is 10.7. The third-order valence-corrected chi connectivity index (χ3v) is 5.63. The summed E-state index contributed by atoms with van der Waals surface area (Å²) in [6.07, 6.45) is 8.65. The zero-order valence-electron chi connectivity index (χ0n) is 12.8. The average molecular weight is 332 g/mol. The van der Waals surface area contributed by atoms with Gasteiger partial charge in [0, 0.05) is 35.8 Å². The average Bonchev–Trinajstić information content (AvgIpc) is 2.80. The van der Waals surface area contributed by atoms with Crippen LogP contribution in [0.5, 0.6) is 0 Å². The van der Waals surface area contributed by atoms with Crippen LogP contribution in [0.3, 0.4) is 0 Å². The maximum Gasteiger partial charge on any atom is 0.180 e. The molecule has 0 saturated heterocycles. The predicted molar refractivity (Wildman–Crippen MR) is 97.6 cm³/mol. The molecule has 0 amide bonds. The van der Waals surface area contributed by atoms with Gasteiger partial charge in [-0.05, 0) is 30.4 Å². The van der Waals surface area contributed by atoms with E-state index in [-0.39, 0.29) is 0 Å². The van der Waals surface area contributed by atoms with Gasteiger partial charge in [0.2, 0.25) is 0 Å². The molecule has 0 atom stereocenters. The molecule has 116 valence electrons. The monoisotopic (exact) mass is 331 g/mol. The van der Waals surface area contributed by atoms with Crippen LogP contribution in [0, 0.1) is 0 Å². The van der Waals surface area contributed by atoms with Crippen molar-refractivity contribution in [3.8, 4) is 0 Å². The Hall–Kier alpha value is -1.30. The fraction of sp³-hybridized carbons (Fsp3) is 0.353. The van der Waals surface area contributed by atoms with Crippen LogP contribution in [0.2, 0.25) is 0 Å². The zero-order valence-corrected chi connectivity index (χ0v) is 14.4. The molecule has 0 aliphatic carbocycles. The molecule has 0 saturated carbocycles. The number of benzene rings is 1. The lowest BCUT2D eigenvalue weighted by Crippen LogP contribution is -2.26. The molecule has 0 unspecified atom stereocenters. The second-order valence-corrected chi connectivity index (χ2v) is 7.39. The summed E-state index contributed by atoms with van der Waals surface area (Å²) in [7, 11) is 0. The Balaban J connectivity index is 1.53. The molecular weight excluding hydrogens is 310 g/mol. The maximum absolute atomic E-state index is 5.79. The Morgan fingerprint density at radius 1 is 1.27 bits per heavy atom. The second-order valence-electron chi connectivity index (χ2n) is 5.40. The van der Waals surface area contributed by atoms with E-state index in [0.717, 1.165) is 32.5 Å². The molecule has 0 fully saturated rings. The van der Waals surface area contributed by atoms with Gasteiger partial charge in [0.15, 0.2) is 5.13 Å². The van der Waals surface area contributed by atoms with E-state index >= 15 is 0 Å². The van der Waals surface area contributed by atoms with Crippen LogP contribution in [0.4, 0.5) is 5.13 Å². The number of nitrogens with zero attached hydrogens (tertiary/aromatic N) is 2. The maximum atomic E-state index is 5.79. The summed E-state index contributed by atoms with van der Waals surface area (Å²) in [5.74, 6) is 0. The molecule has 0 bridgehead atoms. The first-order valence-electron chi connectivity index (χ1n) is 7.51. The van der Waals surface area contributed by atoms with Crippen LogP contribution in [0.25, 0.3) is 6.08 Å². The zero-order chi connectivity index (χ0) is 15.4. The van der Waals surface area contributed by atoms with E-state index < -0.39 is 0 Å². The minimum Gasteiger partial charge on any atom is -0.375 e.